The molecule has 0 atom stereocenters. The van der Waals surface area contributed by atoms with Crippen molar-refractivity contribution < 1.29 is 5.11 Å². The zero-order valence-electron chi connectivity index (χ0n) is 13.3. The monoisotopic (exact) mass is 322 g/mol. The van der Waals surface area contributed by atoms with Crippen molar-refractivity contribution in [2.75, 3.05) is 17.2 Å². The molecular weight excluding hydrogens is 304 g/mol. The number of anilines is 3. The van der Waals surface area contributed by atoms with E-state index in [0.29, 0.717) is 11.8 Å². The van der Waals surface area contributed by atoms with E-state index in [-0.39, 0.29) is 5.75 Å². The summed E-state index contributed by atoms with van der Waals surface area (Å²) in [5.41, 5.74) is 2.11. The summed E-state index contributed by atoms with van der Waals surface area (Å²) in [4.78, 5) is 16.9. The van der Waals surface area contributed by atoms with Gasteiger partial charge in [-0.05, 0) is 31.0 Å². The lowest BCUT2D eigenvalue weighted by Gasteiger charge is -2.10. The van der Waals surface area contributed by atoms with Crippen LogP contribution < -0.4 is 10.6 Å². The van der Waals surface area contributed by atoms with Crippen molar-refractivity contribution in [1.29, 1.82) is 0 Å². The number of phenols is 1. The van der Waals surface area contributed by atoms with Crippen LogP contribution in [-0.4, -0.2) is 31.6 Å². The topological polar surface area (TPSA) is 95.9 Å². The van der Waals surface area contributed by atoms with Gasteiger partial charge in [0, 0.05) is 30.7 Å². The molecule has 3 rings (SSSR count). The Labute approximate surface area is 139 Å². The molecule has 3 aromatic rings. The summed E-state index contributed by atoms with van der Waals surface area (Å²) in [5.74, 6) is 2.11. The lowest BCUT2D eigenvalue weighted by molar-refractivity contribution is 0.475. The van der Waals surface area contributed by atoms with Gasteiger partial charge in [-0.2, -0.15) is 4.98 Å². The Morgan fingerprint density at radius 3 is 2.62 bits per heavy atom. The van der Waals surface area contributed by atoms with Crippen LogP contribution in [0.25, 0.3) is 0 Å². The van der Waals surface area contributed by atoms with Gasteiger partial charge in [0.2, 0.25) is 5.95 Å². The number of hydrogen-bond acceptors (Lipinski definition) is 7. The molecule has 0 saturated carbocycles. The zero-order valence-corrected chi connectivity index (χ0v) is 13.3. The molecule has 0 unspecified atom stereocenters. The number of phenolic OH excluding ortho intramolecular Hbond substituents is 1. The van der Waals surface area contributed by atoms with Crippen LogP contribution in [-0.2, 0) is 6.42 Å². The fourth-order valence-corrected chi connectivity index (χ4v) is 2.15. The van der Waals surface area contributed by atoms with Gasteiger partial charge in [-0.15, -0.1) is 0 Å². The summed E-state index contributed by atoms with van der Waals surface area (Å²) in [6, 6.07) is 7.19. The molecule has 0 aliphatic heterocycles. The van der Waals surface area contributed by atoms with E-state index in [2.05, 4.69) is 30.6 Å². The molecule has 7 nitrogen and oxygen atoms in total. The van der Waals surface area contributed by atoms with Gasteiger partial charge in [-0.3, -0.25) is 4.98 Å². The van der Waals surface area contributed by atoms with Crippen LogP contribution in [0.1, 0.15) is 11.1 Å². The van der Waals surface area contributed by atoms with Gasteiger partial charge in [-0.25, -0.2) is 9.97 Å². The number of benzene rings is 1. The summed E-state index contributed by atoms with van der Waals surface area (Å²) >= 11 is 0. The molecule has 7 heteroatoms. The third-order valence-electron chi connectivity index (χ3n) is 3.42. The Morgan fingerprint density at radius 2 is 1.88 bits per heavy atom. The van der Waals surface area contributed by atoms with Gasteiger partial charge in [0.05, 0.1) is 6.20 Å². The van der Waals surface area contributed by atoms with Crippen LogP contribution in [0.15, 0.2) is 49.1 Å². The fourth-order valence-electron chi connectivity index (χ4n) is 2.15. The smallest absolute Gasteiger partial charge is 0.230 e. The van der Waals surface area contributed by atoms with Crippen molar-refractivity contribution in [3.63, 3.8) is 0 Å². The fraction of sp³-hybridized carbons (Fsp3) is 0.176. The van der Waals surface area contributed by atoms with Crippen molar-refractivity contribution in [3.05, 3.63) is 60.2 Å². The molecule has 0 radical (unpaired) electrons. The Kier molecular flexibility index (Phi) is 4.81. The Bertz CT molecular complexity index is 792. The summed E-state index contributed by atoms with van der Waals surface area (Å²) < 4.78 is 0. The summed E-state index contributed by atoms with van der Waals surface area (Å²) in [6.45, 7) is 2.68. The van der Waals surface area contributed by atoms with Crippen LogP contribution in [0, 0.1) is 6.92 Å². The standard InChI is InChI=1S/C17H18N6O/c1-12-10-21-17(22-15-11-18-8-9-19-15)23-16(12)20-7-6-13-2-4-14(24)5-3-13/h2-5,8-11,24H,6-7H2,1H3,(H2,19,20,21,22,23). The third-order valence-corrected chi connectivity index (χ3v) is 3.42. The minimum atomic E-state index is 0.276. The van der Waals surface area contributed by atoms with E-state index in [1.54, 1.807) is 36.9 Å². The molecule has 0 aliphatic rings. The number of aromatic hydroxyl groups is 1. The van der Waals surface area contributed by atoms with E-state index in [0.717, 1.165) is 29.9 Å². The summed E-state index contributed by atoms with van der Waals surface area (Å²) in [6.07, 6.45) is 7.41. The van der Waals surface area contributed by atoms with Crippen LogP contribution in [0.2, 0.25) is 0 Å². The van der Waals surface area contributed by atoms with Crippen molar-refractivity contribution in [2.24, 2.45) is 0 Å². The average molecular weight is 322 g/mol. The SMILES string of the molecule is Cc1cnc(Nc2cnccn2)nc1NCCc1ccc(O)cc1. The number of nitrogens with zero attached hydrogens (tertiary/aromatic N) is 4. The predicted octanol–water partition coefficient (Wildman–Crippen LogP) is 2.68. The van der Waals surface area contributed by atoms with Crippen molar-refractivity contribution >= 4 is 17.6 Å². The number of hydrogen-bond donors (Lipinski definition) is 3. The summed E-state index contributed by atoms with van der Waals surface area (Å²) in [5, 5.41) is 15.6. The molecule has 1 aromatic carbocycles. The van der Waals surface area contributed by atoms with Gasteiger partial charge in [0.25, 0.3) is 0 Å². The predicted molar refractivity (Wildman–Crippen MR) is 92.4 cm³/mol. The molecule has 0 spiro atoms. The Hall–Kier alpha value is -3.22. The molecule has 24 heavy (non-hydrogen) atoms. The summed E-state index contributed by atoms with van der Waals surface area (Å²) in [7, 11) is 0. The van der Waals surface area contributed by atoms with Crippen LogP contribution in [0.4, 0.5) is 17.6 Å². The van der Waals surface area contributed by atoms with Crippen LogP contribution in [0.5, 0.6) is 5.75 Å². The molecule has 2 heterocycles. The van der Waals surface area contributed by atoms with Gasteiger partial charge < -0.3 is 15.7 Å². The second-order valence-electron chi connectivity index (χ2n) is 5.28. The van der Waals surface area contributed by atoms with Gasteiger partial charge in [0.1, 0.15) is 11.6 Å². The highest BCUT2D eigenvalue weighted by Gasteiger charge is 2.05. The first-order valence-corrected chi connectivity index (χ1v) is 7.59. The average Bonchev–Trinajstić information content (AvgIpc) is 2.60. The first kappa shape index (κ1) is 15.7. The maximum atomic E-state index is 9.30. The minimum Gasteiger partial charge on any atom is -0.508 e. The second kappa shape index (κ2) is 7.36. The lowest BCUT2D eigenvalue weighted by atomic mass is 10.1. The van der Waals surface area contributed by atoms with Crippen molar-refractivity contribution in [2.45, 2.75) is 13.3 Å². The number of aryl methyl sites for hydroxylation is 1. The Morgan fingerprint density at radius 1 is 1.04 bits per heavy atom. The van der Waals surface area contributed by atoms with E-state index < -0.39 is 0 Å². The normalized spacial score (nSPS) is 10.4. The second-order valence-corrected chi connectivity index (χ2v) is 5.28. The van der Waals surface area contributed by atoms with E-state index in [9.17, 15) is 5.11 Å². The van der Waals surface area contributed by atoms with Crippen molar-refractivity contribution in [1.82, 2.24) is 19.9 Å². The highest BCUT2D eigenvalue weighted by atomic mass is 16.3. The first-order chi connectivity index (χ1) is 11.7. The maximum Gasteiger partial charge on any atom is 0.230 e. The molecule has 0 fully saturated rings. The quantitative estimate of drug-likeness (QED) is 0.642. The molecule has 0 saturated heterocycles. The number of aromatic nitrogens is 4. The molecular formula is C17H18N6O. The van der Waals surface area contributed by atoms with E-state index in [4.69, 9.17) is 0 Å². The largest absolute Gasteiger partial charge is 0.508 e. The number of nitrogens with one attached hydrogen (secondary N) is 2. The van der Waals surface area contributed by atoms with Crippen LogP contribution in [0.3, 0.4) is 0 Å². The zero-order chi connectivity index (χ0) is 16.8. The number of rotatable bonds is 6. The molecule has 3 N–H and O–H groups in total. The maximum absolute atomic E-state index is 9.30. The molecule has 0 amide bonds. The highest BCUT2D eigenvalue weighted by molar-refractivity contribution is 5.51. The molecule has 122 valence electrons. The Balaban J connectivity index is 1.62. The molecule has 2 aromatic heterocycles. The molecule has 0 bridgehead atoms. The first-order valence-electron chi connectivity index (χ1n) is 7.59. The third kappa shape index (κ3) is 4.16. The van der Waals surface area contributed by atoms with Gasteiger partial charge in [0.15, 0.2) is 5.82 Å². The van der Waals surface area contributed by atoms with E-state index in [1.807, 2.05) is 19.1 Å². The highest BCUT2D eigenvalue weighted by Crippen LogP contribution is 2.15. The van der Waals surface area contributed by atoms with E-state index >= 15 is 0 Å². The van der Waals surface area contributed by atoms with Crippen LogP contribution >= 0.6 is 0 Å². The van der Waals surface area contributed by atoms with Crippen molar-refractivity contribution in [3.8, 4) is 5.75 Å². The van der Waals surface area contributed by atoms with E-state index in [1.165, 1.54) is 0 Å². The lowest BCUT2D eigenvalue weighted by Crippen LogP contribution is -2.09. The van der Waals surface area contributed by atoms with Gasteiger partial charge in [-0.1, -0.05) is 12.1 Å². The minimum absolute atomic E-state index is 0.276. The van der Waals surface area contributed by atoms with Gasteiger partial charge >= 0.3 is 0 Å². The molecule has 0 aliphatic carbocycles.